The molecule has 4 aromatic rings. The van der Waals surface area contributed by atoms with Gasteiger partial charge in [0.2, 0.25) is 5.91 Å². The van der Waals surface area contributed by atoms with E-state index in [1.165, 1.54) is 11.8 Å². The van der Waals surface area contributed by atoms with Crippen LogP contribution in [0, 0.1) is 6.92 Å². The Morgan fingerprint density at radius 2 is 1.73 bits per heavy atom. The van der Waals surface area contributed by atoms with Crippen molar-refractivity contribution in [2.75, 3.05) is 10.6 Å². The molecule has 0 saturated carbocycles. The van der Waals surface area contributed by atoms with E-state index < -0.39 is 0 Å². The lowest BCUT2D eigenvalue weighted by molar-refractivity contribution is -0.115. The molecule has 0 aliphatic heterocycles. The van der Waals surface area contributed by atoms with Crippen molar-refractivity contribution >= 4 is 40.6 Å². The second-order valence-electron chi connectivity index (χ2n) is 7.55. The standard InChI is InChI=1S/C25H24ClN5OS/c1-17-11-13-22(14-12-17)31-23(16-27-21-10-6-7-19(26)15-21)29-30-25(31)33-18(2)24(32)28-20-8-4-3-5-9-20/h3-15,18,27H,16H2,1-2H3,(H,28,32)/t18-/m0/s1. The Morgan fingerprint density at radius 3 is 2.45 bits per heavy atom. The molecule has 0 aliphatic rings. The molecule has 168 valence electrons. The maximum atomic E-state index is 12.7. The van der Waals surface area contributed by atoms with Gasteiger partial charge in [-0.25, -0.2) is 0 Å². The molecule has 0 spiro atoms. The van der Waals surface area contributed by atoms with E-state index >= 15 is 0 Å². The van der Waals surface area contributed by atoms with Crippen LogP contribution in [0.25, 0.3) is 5.69 Å². The van der Waals surface area contributed by atoms with Crippen LogP contribution in [0.15, 0.2) is 84.0 Å². The molecular weight excluding hydrogens is 454 g/mol. The fourth-order valence-corrected chi connectivity index (χ4v) is 4.28. The Morgan fingerprint density at radius 1 is 1.00 bits per heavy atom. The third-order valence-electron chi connectivity index (χ3n) is 4.96. The molecule has 1 atom stereocenters. The van der Waals surface area contributed by atoms with Crippen molar-refractivity contribution in [2.24, 2.45) is 0 Å². The molecule has 0 aliphatic carbocycles. The lowest BCUT2D eigenvalue weighted by Gasteiger charge is -2.14. The van der Waals surface area contributed by atoms with Crippen LogP contribution in [0.2, 0.25) is 5.02 Å². The number of carbonyl (C=O) groups is 1. The number of nitrogens with one attached hydrogen (secondary N) is 2. The molecule has 33 heavy (non-hydrogen) atoms. The molecule has 0 saturated heterocycles. The second kappa shape index (κ2) is 10.6. The molecule has 0 unspecified atom stereocenters. The lowest BCUT2D eigenvalue weighted by Crippen LogP contribution is -2.23. The number of rotatable bonds is 8. The summed E-state index contributed by atoms with van der Waals surface area (Å²) in [6, 6.07) is 25.1. The van der Waals surface area contributed by atoms with E-state index in [1.807, 2.05) is 97.3 Å². The Hall–Kier alpha value is -3.29. The normalized spacial score (nSPS) is 11.7. The van der Waals surface area contributed by atoms with Crippen LogP contribution in [-0.4, -0.2) is 25.9 Å². The minimum absolute atomic E-state index is 0.0942. The van der Waals surface area contributed by atoms with Gasteiger partial charge in [0.05, 0.1) is 11.8 Å². The van der Waals surface area contributed by atoms with Crippen molar-refractivity contribution in [2.45, 2.75) is 30.8 Å². The first-order valence-electron chi connectivity index (χ1n) is 10.5. The molecule has 0 fully saturated rings. The SMILES string of the molecule is Cc1ccc(-n2c(CNc3cccc(Cl)c3)nnc2S[C@@H](C)C(=O)Nc2ccccc2)cc1. The zero-order valence-corrected chi connectivity index (χ0v) is 19.9. The number of amides is 1. The molecule has 1 amide bonds. The molecule has 3 aromatic carbocycles. The topological polar surface area (TPSA) is 71.8 Å². The number of benzene rings is 3. The Bertz CT molecular complexity index is 1230. The van der Waals surface area contributed by atoms with Crippen LogP contribution in [0.1, 0.15) is 18.3 Å². The largest absolute Gasteiger partial charge is 0.378 e. The van der Waals surface area contributed by atoms with Gasteiger partial charge in [-0.15, -0.1) is 10.2 Å². The first kappa shape index (κ1) is 22.9. The quantitative estimate of drug-likeness (QED) is 0.306. The van der Waals surface area contributed by atoms with E-state index in [0.29, 0.717) is 16.7 Å². The number of anilines is 2. The van der Waals surface area contributed by atoms with Crippen LogP contribution < -0.4 is 10.6 Å². The van der Waals surface area contributed by atoms with Gasteiger partial charge in [0.1, 0.15) is 0 Å². The van der Waals surface area contributed by atoms with Gasteiger partial charge in [-0.3, -0.25) is 9.36 Å². The summed E-state index contributed by atoms with van der Waals surface area (Å²) in [7, 11) is 0. The molecule has 0 radical (unpaired) electrons. The van der Waals surface area contributed by atoms with Crippen molar-refractivity contribution < 1.29 is 4.79 Å². The fraction of sp³-hybridized carbons (Fsp3) is 0.160. The number of aromatic nitrogens is 3. The van der Waals surface area contributed by atoms with Crippen LogP contribution >= 0.6 is 23.4 Å². The number of aryl methyl sites for hydroxylation is 1. The predicted octanol–water partition coefficient (Wildman–Crippen LogP) is 5.96. The Labute approximate surface area is 202 Å². The first-order valence-corrected chi connectivity index (χ1v) is 11.8. The monoisotopic (exact) mass is 477 g/mol. The number of para-hydroxylation sites is 1. The summed E-state index contributed by atoms with van der Waals surface area (Å²) in [6.45, 7) is 4.36. The van der Waals surface area contributed by atoms with Crippen molar-refractivity contribution in [3.05, 3.63) is 95.3 Å². The minimum atomic E-state index is -0.368. The van der Waals surface area contributed by atoms with Gasteiger partial charge in [-0.2, -0.15) is 0 Å². The summed E-state index contributed by atoms with van der Waals surface area (Å²) in [6.07, 6.45) is 0. The van der Waals surface area contributed by atoms with Crippen LogP contribution in [0.3, 0.4) is 0 Å². The molecule has 2 N–H and O–H groups in total. The van der Waals surface area contributed by atoms with Gasteiger partial charge in [0, 0.05) is 22.1 Å². The van der Waals surface area contributed by atoms with Gasteiger partial charge in [0.15, 0.2) is 11.0 Å². The Kier molecular flexibility index (Phi) is 7.32. The summed E-state index contributed by atoms with van der Waals surface area (Å²) in [5, 5.41) is 16.1. The molecule has 4 rings (SSSR count). The molecule has 8 heteroatoms. The van der Waals surface area contributed by atoms with Crippen molar-refractivity contribution in [1.82, 2.24) is 14.8 Å². The van der Waals surface area contributed by atoms with E-state index in [4.69, 9.17) is 11.6 Å². The molecular formula is C25H24ClN5OS. The van der Waals surface area contributed by atoms with Crippen LogP contribution in [-0.2, 0) is 11.3 Å². The average Bonchev–Trinajstić information content (AvgIpc) is 3.21. The summed E-state index contributed by atoms with van der Waals surface area (Å²) in [4.78, 5) is 12.7. The van der Waals surface area contributed by atoms with Gasteiger partial charge in [-0.1, -0.05) is 65.3 Å². The summed E-state index contributed by atoms with van der Waals surface area (Å²) >= 11 is 7.47. The number of hydrogen-bond donors (Lipinski definition) is 2. The molecule has 1 heterocycles. The highest BCUT2D eigenvalue weighted by molar-refractivity contribution is 8.00. The number of carbonyl (C=O) groups excluding carboxylic acids is 1. The van der Waals surface area contributed by atoms with Crippen molar-refractivity contribution in [3.63, 3.8) is 0 Å². The van der Waals surface area contributed by atoms with Gasteiger partial charge in [0.25, 0.3) is 0 Å². The number of thioether (sulfide) groups is 1. The van der Waals surface area contributed by atoms with Gasteiger partial charge < -0.3 is 10.6 Å². The molecule has 0 bridgehead atoms. The maximum absolute atomic E-state index is 12.7. The van der Waals surface area contributed by atoms with Gasteiger partial charge >= 0.3 is 0 Å². The zero-order valence-electron chi connectivity index (χ0n) is 18.3. The van der Waals surface area contributed by atoms with E-state index in [2.05, 4.69) is 20.8 Å². The lowest BCUT2D eigenvalue weighted by atomic mass is 10.2. The van der Waals surface area contributed by atoms with E-state index in [0.717, 1.165) is 28.5 Å². The third kappa shape index (κ3) is 5.94. The highest BCUT2D eigenvalue weighted by atomic mass is 35.5. The van der Waals surface area contributed by atoms with E-state index in [9.17, 15) is 4.79 Å². The number of halogens is 1. The van der Waals surface area contributed by atoms with Gasteiger partial charge in [-0.05, 0) is 56.3 Å². The van der Waals surface area contributed by atoms with E-state index in [-0.39, 0.29) is 11.2 Å². The highest BCUT2D eigenvalue weighted by Crippen LogP contribution is 2.27. The van der Waals surface area contributed by atoms with Crippen LogP contribution in [0.4, 0.5) is 11.4 Å². The van der Waals surface area contributed by atoms with E-state index in [1.54, 1.807) is 0 Å². The summed E-state index contributed by atoms with van der Waals surface area (Å²) in [5.41, 5.74) is 3.76. The predicted molar refractivity (Wildman–Crippen MR) is 135 cm³/mol. The molecule has 6 nitrogen and oxygen atoms in total. The summed E-state index contributed by atoms with van der Waals surface area (Å²) < 4.78 is 1.98. The molecule has 1 aromatic heterocycles. The second-order valence-corrected chi connectivity index (χ2v) is 9.29. The maximum Gasteiger partial charge on any atom is 0.237 e. The smallest absolute Gasteiger partial charge is 0.237 e. The summed E-state index contributed by atoms with van der Waals surface area (Å²) in [5.74, 6) is 0.639. The number of hydrogen-bond acceptors (Lipinski definition) is 5. The average molecular weight is 478 g/mol. The highest BCUT2D eigenvalue weighted by Gasteiger charge is 2.21. The number of nitrogens with zero attached hydrogens (tertiary/aromatic N) is 3. The van der Waals surface area contributed by atoms with Crippen molar-refractivity contribution in [3.8, 4) is 5.69 Å². The first-order chi connectivity index (χ1) is 16.0. The Balaban J connectivity index is 1.56. The fourth-order valence-electron chi connectivity index (χ4n) is 3.20. The third-order valence-corrected chi connectivity index (χ3v) is 6.24. The van der Waals surface area contributed by atoms with Crippen molar-refractivity contribution in [1.29, 1.82) is 0 Å². The zero-order chi connectivity index (χ0) is 23.2. The van der Waals surface area contributed by atoms with Crippen LogP contribution in [0.5, 0.6) is 0 Å². The minimum Gasteiger partial charge on any atom is -0.378 e.